The second-order valence-corrected chi connectivity index (χ2v) is 11.3. The zero-order valence-corrected chi connectivity index (χ0v) is 21.0. The van der Waals surface area contributed by atoms with Gasteiger partial charge in [0.05, 0.1) is 0 Å². The molecule has 0 radical (unpaired) electrons. The van der Waals surface area contributed by atoms with Crippen LogP contribution in [0.25, 0.3) is 74.1 Å². The Bertz CT molecular complexity index is 2030. The van der Waals surface area contributed by atoms with Gasteiger partial charge in [-0.25, -0.2) is 0 Å². The average Bonchev–Trinajstić information content (AvgIpc) is 3.56. The lowest BCUT2D eigenvalue weighted by molar-refractivity contribution is 1.67. The highest BCUT2D eigenvalue weighted by molar-refractivity contribution is 7.26. The van der Waals surface area contributed by atoms with Crippen molar-refractivity contribution >= 4 is 74.5 Å². The largest absolute Gasteiger partial charge is 0.144 e. The molecule has 0 amide bonds. The maximum absolute atomic E-state index is 2.33. The van der Waals surface area contributed by atoms with Gasteiger partial charge in [-0.05, 0) is 73.4 Å². The van der Waals surface area contributed by atoms with Gasteiger partial charge in [-0.2, -0.15) is 0 Å². The lowest BCUT2D eigenvalue weighted by Crippen LogP contribution is -1.91. The Morgan fingerprint density at radius 2 is 1.00 bits per heavy atom. The van der Waals surface area contributed by atoms with E-state index < -0.39 is 0 Å². The standard InChI is InChI=1S/C34H20S2/c1-2-9-21(10-3-1)31-22-11-4-6-13-24(22)32(25-14-7-5-12-23(25)31)27-15-8-16-29-34(27)33-26-19-20-35-28(26)17-18-30(33)36-29/h1-20H. The molecule has 0 N–H and O–H groups in total. The first kappa shape index (κ1) is 20.2. The number of hydrogen-bond donors (Lipinski definition) is 0. The van der Waals surface area contributed by atoms with Gasteiger partial charge in [0, 0.05) is 30.3 Å². The third kappa shape index (κ3) is 2.80. The van der Waals surface area contributed by atoms with Crippen molar-refractivity contribution in [3.8, 4) is 22.3 Å². The molecule has 0 aliphatic heterocycles. The molecule has 0 saturated carbocycles. The Balaban J connectivity index is 1.61. The monoisotopic (exact) mass is 492 g/mol. The second-order valence-electron chi connectivity index (χ2n) is 9.26. The van der Waals surface area contributed by atoms with Gasteiger partial charge in [-0.15, -0.1) is 22.7 Å². The molecule has 0 aliphatic rings. The van der Waals surface area contributed by atoms with E-state index in [-0.39, 0.29) is 0 Å². The van der Waals surface area contributed by atoms with E-state index in [9.17, 15) is 0 Å². The minimum absolute atomic E-state index is 1.26. The van der Waals surface area contributed by atoms with Crippen LogP contribution in [0, 0.1) is 0 Å². The van der Waals surface area contributed by atoms with E-state index in [1.807, 2.05) is 22.7 Å². The van der Waals surface area contributed by atoms with Crippen LogP contribution in [0.1, 0.15) is 0 Å². The van der Waals surface area contributed by atoms with Crippen molar-refractivity contribution in [2.24, 2.45) is 0 Å². The van der Waals surface area contributed by atoms with Crippen LogP contribution in [0.15, 0.2) is 121 Å². The molecule has 0 fully saturated rings. The quantitative estimate of drug-likeness (QED) is 0.211. The summed E-state index contributed by atoms with van der Waals surface area (Å²) in [6.07, 6.45) is 0. The highest BCUT2D eigenvalue weighted by atomic mass is 32.1. The van der Waals surface area contributed by atoms with Crippen molar-refractivity contribution in [3.05, 3.63) is 121 Å². The summed E-state index contributed by atoms with van der Waals surface area (Å²) >= 11 is 3.73. The van der Waals surface area contributed by atoms with Crippen LogP contribution in [-0.2, 0) is 0 Å². The minimum Gasteiger partial charge on any atom is -0.144 e. The highest BCUT2D eigenvalue weighted by Crippen LogP contribution is 2.49. The predicted molar refractivity (Wildman–Crippen MR) is 161 cm³/mol. The van der Waals surface area contributed by atoms with Crippen LogP contribution in [0.5, 0.6) is 0 Å². The van der Waals surface area contributed by atoms with Gasteiger partial charge in [-0.1, -0.05) is 91.0 Å². The maximum atomic E-state index is 2.33. The first-order valence-electron chi connectivity index (χ1n) is 12.2. The summed E-state index contributed by atoms with van der Waals surface area (Å²) in [4.78, 5) is 0. The Hall–Kier alpha value is -3.98. The van der Waals surface area contributed by atoms with E-state index >= 15 is 0 Å². The summed E-state index contributed by atoms with van der Waals surface area (Å²) in [6, 6.07) is 42.4. The van der Waals surface area contributed by atoms with Crippen LogP contribution < -0.4 is 0 Å². The average molecular weight is 493 g/mol. The van der Waals surface area contributed by atoms with Gasteiger partial charge in [0.1, 0.15) is 0 Å². The summed E-state index contributed by atoms with van der Waals surface area (Å²) in [5.41, 5.74) is 5.23. The van der Waals surface area contributed by atoms with Crippen molar-refractivity contribution in [1.29, 1.82) is 0 Å². The van der Waals surface area contributed by atoms with Crippen LogP contribution in [0.4, 0.5) is 0 Å². The van der Waals surface area contributed by atoms with E-state index in [4.69, 9.17) is 0 Å². The lowest BCUT2D eigenvalue weighted by atomic mass is 9.85. The SMILES string of the molecule is c1ccc(-c2c3ccccc3c(-c3cccc4sc5ccc6sccc6c5c34)c3ccccc23)cc1. The smallest absolute Gasteiger partial charge is 0.0362 e. The fourth-order valence-electron chi connectivity index (χ4n) is 5.90. The molecule has 0 spiro atoms. The molecule has 0 atom stereocenters. The first-order chi connectivity index (χ1) is 17.9. The number of thiophene rings is 2. The molecule has 168 valence electrons. The van der Waals surface area contributed by atoms with Crippen LogP contribution in [0.3, 0.4) is 0 Å². The summed E-state index contributed by atoms with van der Waals surface area (Å²) in [5, 5.41) is 11.6. The van der Waals surface area contributed by atoms with Gasteiger partial charge in [0.25, 0.3) is 0 Å². The van der Waals surface area contributed by atoms with Crippen molar-refractivity contribution in [3.63, 3.8) is 0 Å². The molecule has 0 unspecified atom stereocenters. The third-order valence-corrected chi connectivity index (χ3v) is 9.36. The Morgan fingerprint density at radius 3 is 1.72 bits per heavy atom. The Morgan fingerprint density at radius 1 is 0.389 bits per heavy atom. The topological polar surface area (TPSA) is 0 Å². The van der Waals surface area contributed by atoms with Gasteiger partial charge >= 0.3 is 0 Å². The van der Waals surface area contributed by atoms with Gasteiger partial charge < -0.3 is 0 Å². The number of rotatable bonds is 2. The summed E-state index contributed by atoms with van der Waals surface area (Å²) in [5.74, 6) is 0. The Kier molecular flexibility index (Phi) is 4.36. The van der Waals surface area contributed by atoms with Gasteiger partial charge in [-0.3, -0.25) is 0 Å². The third-order valence-electron chi connectivity index (χ3n) is 7.36. The van der Waals surface area contributed by atoms with Crippen LogP contribution in [-0.4, -0.2) is 0 Å². The molecule has 2 heterocycles. The van der Waals surface area contributed by atoms with Crippen LogP contribution >= 0.6 is 22.7 Å². The molecule has 0 nitrogen and oxygen atoms in total. The molecule has 8 aromatic rings. The van der Waals surface area contributed by atoms with E-state index in [1.54, 1.807) is 0 Å². The van der Waals surface area contributed by atoms with E-state index in [0.717, 1.165) is 0 Å². The van der Waals surface area contributed by atoms with Crippen LogP contribution in [0.2, 0.25) is 0 Å². The summed E-state index contributed by atoms with van der Waals surface area (Å²) in [6.45, 7) is 0. The van der Waals surface area contributed by atoms with Crippen molar-refractivity contribution in [1.82, 2.24) is 0 Å². The number of fused-ring (bicyclic) bond motifs is 7. The summed E-state index contributed by atoms with van der Waals surface area (Å²) < 4.78 is 4.06. The predicted octanol–water partition coefficient (Wildman–Crippen LogP) is 10.9. The maximum Gasteiger partial charge on any atom is 0.0362 e. The zero-order valence-electron chi connectivity index (χ0n) is 19.4. The lowest BCUT2D eigenvalue weighted by Gasteiger charge is -2.18. The molecule has 0 bridgehead atoms. The van der Waals surface area contributed by atoms with Crippen molar-refractivity contribution in [2.45, 2.75) is 0 Å². The molecule has 0 aliphatic carbocycles. The minimum atomic E-state index is 1.26. The van der Waals surface area contributed by atoms with E-state index in [0.29, 0.717) is 0 Å². The zero-order chi connectivity index (χ0) is 23.6. The van der Waals surface area contributed by atoms with Crippen molar-refractivity contribution < 1.29 is 0 Å². The number of hydrogen-bond acceptors (Lipinski definition) is 2. The van der Waals surface area contributed by atoms with E-state index in [2.05, 4.69) is 121 Å². The second kappa shape index (κ2) is 7.76. The molecule has 36 heavy (non-hydrogen) atoms. The number of benzene rings is 6. The highest BCUT2D eigenvalue weighted by Gasteiger charge is 2.20. The normalized spacial score (nSPS) is 11.9. The molecule has 2 heteroatoms. The molecule has 0 saturated heterocycles. The fraction of sp³-hybridized carbons (Fsp3) is 0. The van der Waals surface area contributed by atoms with Gasteiger partial charge in [0.15, 0.2) is 0 Å². The summed E-state index contributed by atoms with van der Waals surface area (Å²) in [7, 11) is 0. The first-order valence-corrected chi connectivity index (χ1v) is 13.9. The van der Waals surface area contributed by atoms with Crippen molar-refractivity contribution in [2.75, 3.05) is 0 Å². The molecular weight excluding hydrogens is 473 g/mol. The van der Waals surface area contributed by atoms with Gasteiger partial charge in [0.2, 0.25) is 0 Å². The molecule has 8 rings (SSSR count). The van der Waals surface area contributed by atoms with E-state index in [1.165, 1.54) is 74.1 Å². The fourth-order valence-corrected chi connectivity index (χ4v) is 7.84. The Labute approximate surface area is 216 Å². The molecule has 2 aromatic heterocycles. The molecule has 6 aromatic carbocycles. The molecular formula is C34H20S2.